The van der Waals surface area contributed by atoms with Gasteiger partial charge in [-0.25, -0.2) is 0 Å². The first kappa shape index (κ1) is 32.9. The number of hydrogen-bond donors (Lipinski definition) is 0. The second-order valence-corrected chi connectivity index (χ2v) is 14.7. The molecule has 7 rings (SSSR count). The summed E-state index contributed by atoms with van der Waals surface area (Å²) >= 11 is 9.01. The van der Waals surface area contributed by atoms with E-state index in [4.69, 9.17) is 31.3 Å². The van der Waals surface area contributed by atoms with Crippen LogP contribution in [0.5, 0.6) is 5.75 Å². The minimum Gasteiger partial charge on any atom is -0.495 e. The normalized spacial score (nSPS) is 15.9. The highest BCUT2D eigenvalue weighted by Gasteiger charge is 2.27. The predicted molar refractivity (Wildman–Crippen MR) is 196 cm³/mol. The Morgan fingerprint density at radius 3 is 2.60 bits per heavy atom. The first-order valence-electron chi connectivity index (χ1n) is 16.8. The van der Waals surface area contributed by atoms with Crippen molar-refractivity contribution in [2.75, 3.05) is 20.8 Å². The largest absolute Gasteiger partial charge is 0.495 e. The summed E-state index contributed by atoms with van der Waals surface area (Å²) in [7, 11) is 7.87. The van der Waals surface area contributed by atoms with Gasteiger partial charge in [0.15, 0.2) is 0 Å². The number of halogens is 1. The molecule has 0 unspecified atom stereocenters. The molecule has 252 valence electrons. The van der Waals surface area contributed by atoms with Crippen molar-refractivity contribution in [3.05, 3.63) is 87.1 Å². The monoisotopic (exact) mass is 684 g/mol. The molecule has 3 aromatic heterocycles. The van der Waals surface area contributed by atoms with Crippen LogP contribution in [-0.4, -0.2) is 49.8 Å². The summed E-state index contributed by atoms with van der Waals surface area (Å²) in [5.74, 6) is 2.52. The van der Waals surface area contributed by atoms with E-state index >= 15 is 0 Å². The smallest absolute Gasteiger partial charge is 0.135 e. The fourth-order valence-electron chi connectivity index (χ4n) is 7.60. The van der Waals surface area contributed by atoms with E-state index in [9.17, 15) is 0 Å². The number of aryl methyl sites for hydroxylation is 5. The van der Waals surface area contributed by atoms with Gasteiger partial charge in [-0.05, 0) is 100 Å². The third kappa shape index (κ3) is 5.94. The lowest BCUT2D eigenvalue weighted by molar-refractivity contribution is 0.296. The van der Waals surface area contributed by atoms with Crippen LogP contribution in [-0.2, 0) is 57.1 Å². The van der Waals surface area contributed by atoms with Crippen LogP contribution in [0.1, 0.15) is 64.4 Å². The standard InChI is InChI=1S/C38H45ClN6O2S/c1-23-35-33-14-13-31(39)37(35)36-24(2)43(5)41-32(36)21-42(4)20-27-18-28(44(6)40-27)22-48-29-17-26-11-8-9-12-30(26)34(19-29)47-16-10-15-45(33)38(23)25(3)46-7/h13-14,17-19H,3,8-12,15-16,20-22H2,1-2,4-7H3. The van der Waals surface area contributed by atoms with Crippen molar-refractivity contribution in [2.45, 2.75) is 76.2 Å². The van der Waals surface area contributed by atoms with Gasteiger partial charge in [-0.15, -0.1) is 11.8 Å². The summed E-state index contributed by atoms with van der Waals surface area (Å²) in [6, 6.07) is 11.0. The number of ether oxygens (including phenoxy) is 2. The van der Waals surface area contributed by atoms with E-state index in [-0.39, 0.29) is 0 Å². The van der Waals surface area contributed by atoms with E-state index in [1.165, 1.54) is 34.6 Å². The summed E-state index contributed by atoms with van der Waals surface area (Å²) < 4.78 is 18.7. The maximum atomic E-state index is 7.15. The number of aromatic nitrogens is 5. The molecule has 0 N–H and O–H groups in total. The van der Waals surface area contributed by atoms with Gasteiger partial charge in [0.05, 0.1) is 30.8 Å². The lowest BCUT2D eigenvalue weighted by Gasteiger charge is -2.21. The highest BCUT2D eigenvalue weighted by atomic mass is 35.5. The van der Waals surface area contributed by atoms with E-state index in [1.807, 2.05) is 41.3 Å². The molecule has 10 heteroatoms. The molecule has 2 aliphatic rings. The first-order chi connectivity index (χ1) is 23.1. The molecule has 0 atom stereocenters. The van der Waals surface area contributed by atoms with Gasteiger partial charge in [0.2, 0.25) is 0 Å². The molecule has 0 saturated heterocycles. The highest BCUT2D eigenvalue weighted by molar-refractivity contribution is 7.98. The molecule has 0 radical (unpaired) electrons. The maximum absolute atomic E-state index is 7.15. The van der Waals surface area contributed by atoms with Crippen LogP contribution >= 0.6 is 23.4 Å². The molecular formula is C38H45ClN6O2S. The van der Waals surface area contributed by atoms with Crippen molar-refractivity contribution in [3.8, 4) is 16.9 Å². The second-order valence-electron chi connectivity index (χ2n) is 13.3. The lowest BCUT2D eigenvalue weighted by atomic mass is 9.91. The summed E-state index contributed by atoms with van der Waals surface area (Å²) in [6.07, 6.45) is 5.46. The zero-order chi connectivity index (χ0) is 33.7. The van der Waals surface area contributed by atoms with Gasteiger partial charge >= 0.3 is 0 Å². The van der Waals surface area contributed by atoms with Crippen LogP contribution in [0.15, 0.2) is 41.8 Å². The third-order valence-electron chi connectivity index (χ3n) is 10.0. The van der Waals surface area contributed by atoms with E-state index in [2.05, 4.69) is 61.2 Å². The Kier molecular flexibility index (Phi) is 9.13. The molecule has 5 aromatic rings. The highest BCUT2D eigenvalue weighted by Crippen LogP contribution is 2.44. The fraction of sp³-hybridized carbons (Fsp3) is 0.421. The Hall–Kier alpha value is -3.66. The second kappa shape index (κ2) is 13.3. The Morgan fingerprint density at radius 2 is 1.79 bits per heavy atom. The molecule has 1 aliphatic carbocycles. The van der Waals surface area contributed by atoms with E-state index in [0.717, 1.165) is 87.7 Å². The number of benzene rings is 2. The zero-order valence-electron chi connectivity index (χ0n) is 29.0. The van der Waals surface area contributed by atoms with E-state index in [0.29, 0.717) is 30.5 Å². The molecule has 8 nitrogen and oxygen atoms in total. The van der Waals surface area contributed by atoms with Crippen molar-refractivity contribution in [3.63, 3.8) is 0 Å². The summed E-state index contributed by atoms with van der Waals surface area (Å²) in [5, 5.41) is 11.7. The van der Waals surface area contributed by atoms with E-state index in [1.54, 1.807) is 7.11 Å². The van der Waals surface area contributed by atoms with Gasteiger partial charge in [-0.3, -0.25) is 14.3 Å². The third-order valence-corrected chi connectivity index (χ3v) is 11.4. The van der Waals surface area contributed by atoms with Crippen LogP contribution in [0.25, 0.3) is 27.8 Å². The fourth-order valence-corrected chi connectivity index (χ4v) is 8.86. The number of nitrogens with zero attached hydrogens (tertiary/aromatic N) is 6. The summed E-state index contributed by atoms with van der Waals surface area (Å²) in [5.41, 5.74) is 12.4. The maximum Gasteiger partial charge on any atom is 0.135 e. The molecular weight excluding hydrogens is 640 g/mol. The van der Waals surface area contributed by atoms with Gasteiger partial charge in [-0.1, -0.05) is 18.2 Å². The zero-order valence-corrected chi connectivity index (χ0v) is 30.5. The molecule has 8 bridgehead atoms. The first-order valence-corrected chi connectivity index (χ1v) is 18.2. The van der Waals surface area contributed by atoms with Gasteiger partial charge < -0.3 is 14.0 Å². The predicted octanol–water partition coefficient (Wildman–Crippen LogP) is 8.25. The summed E-state index contributed by atoms with van der Waals surface area (Å²) in [6.45, 7) is 11.3. The van der Waals surface area contributed by atoms with Crippen LogP contribution in [0.4, 0.5) is 0 Å². The Labute approximate surface area is 292 Å². The van der Waals surface area contributed by atoms with E-state index < -0.39 is 0 Å². The number of thioether (sulfide) groups is 1. The van der Waals surface area contributed by atoms with Gasteiger partial charge in [0, 0.05) is 82.8 Å². The van der Waals surface area contributed by atoms with Gasteiger partial charge in [-0.2, -0.15) is 10.2 Å². The quantitative estimate of drug-likeness (QED) is 0.175. The molecule has 0 spiro atoms. The Balaban J connectivity index is 1.37. The topological polar surface area (TPSA) is 62.3 Å². The Morgan fingerprint density at radius 1 is 0.979 bits per heavy atom. The van der Waals surface area contributed by atoms with Crippen LogP contribution in [0.2, 0.25) is 5.02 Å². The minimum absolute atomic E-state index is 0.613. The molecule has 0 saturated carbocycles. The number of fused-ring (bicyclic) bond motifs is 8. The van der Waals surface area contributed by atoms with Gasteiger partial charge in [0.25, 0.3) is 0 Å². The van der Waals surface area contributed by atoms with Crippen molar-refractivity contribution in [2.24, 2.45) is 14.1 Å². The molecule has 0 amide bonds. The minimum atomic E-state index is 0.613. The lowest BCUT2D eigenvalue weighted by Crippen LogP contribution is -2.18. The molecule has 4 heterocycles. The van der Waals surface area contributed by atoms with Crippen molar-refractivity contribution < 1.29 is 9.47 Å². The molecule has 2 aromatic carbocycles. The van der Waals surface area contributed by atoms with Crippen LogP contribution < -0.4 is 4.74 Å². The molecule has 0 fully saturated rings. The Bertz CT molecular complexity index is 2040. The van der Waals surface area contributed by atoms with Crippen molar-refractivity contribution in [1.82, 2.24) is 29.0 Å². The van der Waals surface area contributed by atoms with Crippen molar-refractivity contribution >= 4 is 40.0 Å². The van der Waals surface area contributed by atoms with Gasteiger partial charge in [0.1, 0.15) is 11.5 Å². The molecule has 48 heavy (non-hydrogen) atoms. The molecule has 1 aliphatic heterocycles. The number of methoxy groups -OCH3 is 1. The van der Waals surface area contributed by atoms with Crippen molar-refractivity contribution in [1.29, 1.82) is 0 Å². The van der Waals surface area contributed by atoms with Crippen LogP contribution in [0.3, 0.4) is 0 Å². The average molecular weight is 685 g/mol. The summed E-state index contributed by atoms with van der Waals surface area (Å²) in [4.78, 5) is 3.54. The number of hydrogen-bond acceptors (Lipinski definition) is 6. The number of rotatable bonds is 2. The van der Waals surface area contributed by atoms with Crippen LogP contribution in [0, 0.1) is 13.8 Å². The average Bonchev–Trinajstić information content (AvgIpc) is 3.66. The SMILES string of the molecule is C=C(OC)c1c(C)c2c3c(Cl)ccc2n1CCCOc1cc(cc2c1CCCC2)SCc1cc(nn1C)CN(C)Cc1nn(C)c(C)c1-3.